The summed E-state index contributed by atoms with van der Waals surface area (Å²) in [6.45, 7) is 2.62. The molecule has 0 aliphatic rings. The summed E-state index contributed by atoms with van der Waals surface area (Å²) in [5.41, 5.74) is 0. The molecule has 0 unspecified atom stereocenters. The molecule has 1 N–H and O–H groups in total. The lowest BCUT2D eigenvalue weighted by molar-refractivity contribution is -0.0536. The molecule has 0 rings (SSSR count). The molecule has 4 nitrogen and oxygen atoms in total. The van der Waals surface area contributed by atoms with Crippen LogP contribution in [0.5, 0.6) is 0 Å². The Balaban J connectivity index is 3.39. The molecule has 0 aromatic rings. The minimum atomic E-state index is -0.344. The van der Waals surface area contributed by atoms with Crippen molar-refractivity contribution >= 4 is 6.03 Å². The van der Waals surface area contributed by atoms with Gasteiger partial charge in [-0.05, 0) is 6.42 Å². The Kier molecular flexibility index (Phi) is 8.09. The van der Waals surface area contributed by atoms with Gasteiger partial charge in [-0.15, -0.1) is 0 Å². The maximum absolute atomic E-state index is 11.2. The van der Waals surface area contributed by atoms with Crippen molar-refractivity contribution in [1.29, 1.82) is 0 Å². The highest BCUT2D eigenvalue weighted by Gasteiger charge is 2.11. The quantitative estimate of drug-likeness (QED) is 0.404. The molecule has 4 heteroatoms. The predicted molar refractivity (Wildman–Crippen MR) is 61.0 cm³/mol. The first-order chi connectivity index (χ1) is 7.09. The van der Waals surface area contributed by atoms with Crippen LogP contribution < -0.4 is 0 Å². The van der Waals surface area contributed by atoms with Crippen LogP contribution in [0.15, 0.2) is 0 Å². The molecule has 0 aliphatic heterocycles. The van der Waals surface area contributed by atoms with Gasteiger partial charge in [0.2, 0.25) is 0 Å². The number of amides is 2. The van der Waals surface area contributed by atoms with E-state index in [1.807, 2.05) is 0 Å². The van der Waals surface area contributed by atoms with Crippen molar-refractivity contribution in [3.8, 4) is 0 Å². The Morgan fingerprint density at radius 2 is 1.60 bits per heavy atom. The van der Waals surface area contributed by atoms with Crippen molar-refractivity contribution in [1.82, 2.24) is 9.96 Å². The third kappa shape index (κ3) is 7.19. The van der Waals surface area contributed by atoms with Gasteiger partial charge >= 0.3 is 6.03 Å². The molecule has 0 aliphatic carbocycles. The predicted octanol–water partition coefficient (Wildman–Crippen LogP) is 2.72. The monoisotopic (exact) mass is 216 g/mol. The van der Waals surface area contributed by atoms with E-state index in [1.165, 1.54) is 30.6 Å². The third-order valence-corrected chi connectivity index (χ3v) is 2.33. The van der Waals surface area contributed by atoms with Crippen molar-refractivity contribution in [2.24, 2.45) is 0 Å². The number of hydrogen-bond acceptors (Lipinski definition) is 2. The van der Waals surface area contributed by atoms with Gasteiger partial charge in [-0.1, -0.05) is 39.0 Å². The number of hydroxylamine groups is 2. The summed E-state index contributed by atoms with van der Waals surface area (Å²) in [7, 11) is 3.26. The fraction of sp³-hybridized carbons (Fsp3) is 0.909. The molecule has 0 radical (unpaired) electrons. The summed E-state index contributed by atoms with van der Waals surface area (Å²) in [5, 5.41) is 10.1. The summed E-state index contributed by atoms with van der Waals surface area (Å²) >= 11 is 0. The van der Waals surface area contributed by atoms with E-state index in [0.717, 1.165) is 17.9 Å². The molecule has 0 saturated carbocycles. The first-order valence-corrected chi connectivity index (χ1v) is 5.77. The molecule has 0 aromatic heterocycles. The zero-order valence-electron chi connectivity index (χ0n) is 10.2. The van der Waals surface area contributed by atoms with E-state index in [4.69, 9.17) is 0 Å². The van der Waals surface area contributed by atoms with E-state index in [-0.39, 0.29) is 6.03 Å². The summed E-state index contributed by atoms with van der Waals surface area (Å²) in [5.74, 6) is 0. The summed E-state index contributed by atoms with van der Waals surface area (Å²) in [6.07, 6.45) is 6.92. The Bertz CT molecular complexity index is 172. The molecule has 0 saturated heterocycles. The number of nitrogens with zero attached hydrogens (tertiary/aromatic N) is 2. The van der Waals surface area contributed by atoms with Crippen LogP contribution in [-0.2, 0) is 0 Å². The van der Waals surface area contributed by atoms with E-state index in [1.54, 1.807) is 14.1 Å². The van der Waals surface area contributed by atoms with Crippen LogP contribution in [0.2, 0.25) is 0 Å². The number of rotatable bonds is 7. The van der Waals surface area contributed by atoms with E-state index in [2.05, 4.69) is 6.92 Å². The van der Waals surface area contributed by atoms with Crippen molar-refractivity contribution < 1.29 is 10.0 Å². The third-order valence-electron chi connectivity index (χ3n) is 2.33. The lowest BCUT2D eigenvalue weighted by Crippen LogP contribution is -2.37. The average Bonchev–Trinajstić information content (AvgIpc) is 2.21. The van der Waals surface area contributed by atoms with Gasteiger partial charge in [0.15, 0.2) is 0 Å². The first kappa shape index (κ1) is 14.2. The van der Waals surface area contributed by atoms with Crippen LogP contribution in [0, 0.1) is 0 Å². The van der Waals surface area contributed by atoms with Crippen molar-refractivity contribution in [2.45, 2.75) is 45.4 Å². The van der Waals surface area contributed by atoms with Gasteiger partial charge in [-0.2, -0.15) is 0 Å². The minimum absolute atomic E-state index is 0.344. The highest BCUT2D eigenvalue weighted by Crippen LogP contribution is 2.05. The molecule has 0 atom stereocenters. The van der Waals surface area contributed by atoms with Crippen LogP contribution in [0.1, 0.15) is 45.4 Å². The van der Waals surface area contributed by atoms with Crippen LogP contribution in [0.25, 0.3) is 0 Å². The molecule has 15 heavy (non-hydrogen) atoms. The van der Waals surface area contributed by atoms with Crippen LogP contribution in [-0.4, -0.2) is 41.8 Å². The molecular formula is C11H24N2O2. The Morgan fingerprint density at radius 3 is 2.13 bits per heavy atom. The maximum atomic E-state index is 11.2. The second-order valence-corrected chi connectivity index (χ2v) is 4.07. The average molecular weight is 216 g/mol. The van der Waals surface area contributed by atoms with Crippen LogP contribution in [0.3, 0.4) is 0 Å². The van der Waals surface area contributed by atoms with E-state index < -0.39 is 0 Å². The van der Waals surface area contributed by atoms with Crippen molar-refractivity contribution in [3.63, 3.8) is 0 Å². The molecule has 0 aromatic carbocycles. The number of urea groups is 1. The molecule has 0 fully saturated rings. The number of carbonyl (C=O) groups is 1. The fourth-order valence-corrected chi connectivity index (χ4v) is 1.37. The second kappa shape index (κ2) is 8.53. The summed E-state index contributed by atoms with van der Waals surface area (Å²) < 4.78 is 0. The summed E-state index contributed by atoms with van der Waals surface area (Å²) in [4.78, 5) is 12.6. The van der Waals surface area contributed by atoms with Gasteiger partial charge in [-0.25, -0.2) is 9.86 Å². The normalized spacial score (nSPS) is 10.1. The van der Waals surface area contributed by atoms with Gasteiger partial charge in [0.25, 0.3) is 0 Å². The highest BCUT2D eigenvalue weighted by molar-refractivity contribution is 5.72. The van der Waals surface area contributed by atoms with Gasteiger partial charge in [0.05, 0.1) is 6.54 Å². The van der Waals surface area contributed by atoms with Crippen molar-refractivity contribution in [2.75, 3.05) is 20.6 Å². The van der Waals surface area contributed by atoms with Crippen LogP contribution in [0.4, 0.5) is 4.79 Å². The maximum Gasteiger partial charge on any atom is 0.343 e. The lowest BCUT2D eigenvalue weighted by Gasteiger charge is -2.19. The van der Waals surface area contributed by atoms with E-state index >= 15 is 0 Å². The van der Waals surface area contributed by atoms with Gasteiger partial charge in [0, 0.05) is 14.1 Å². The molecule has 0 heterocycles. The van der Waals surface area contributed by atoms with Gasteiger partial charge in [-0.3, -0.25) is 5.21 Å². The Labute approximate surface area is 92.8 Å². The molecule has 0 spiro atoms. The van der Waals surface area contributed by atoms with E-state index in [0.29, 0.717) is 6.54 Å². The standard InChI is InChI=1S/C11H24N2O2/c1-4-5-6-7-8-9-10-13(15)11(14)12(2)3/h15H,4-10H2,1-3H3. The van der Waals surface area contributed by atoms with Crippen LogP contribution >= 0.6 is 0 Å². The molecular weight excluding hydrogens is 192 g/mol. The van der Waals surface area contributed by atoms with Gasteiger partial charge < -0.3 is 4.90 Å². The number of hydrogen-bond donors (Lipinski definition) is 1. The zero-order valence-corrected chi connectivity index (χ0v) is 10.2. The SMILES string of the molecule is CCCCCCCCN(O)C(=O)N(C)C. The smallest absolute Gasteiger partial charge is 0.329 e. The Morgan fingerprint density at radius 1 is 1.07 bits per heavy atom. The topological polar surface area (TPSA) is 43.8 Å². The molecule has 2 amide bonds. The van der Waals surface area contributed by atoms with E-state index in [9.17, 15) is 10.0 Å². The number of unbranched alkanes of at least 4 members (excludes halogenated alkanes) is 5. The van der Waals surface area contributed by atoms with Crippen molar-refractivity contribution in [3.05, 3.63) is 0 Å². The lowest BCUT2D eigenvalue weighted by atomic mass is 10.1. The zero-order chi connectivity index (χ0) is 11.7. The highest BCUT2D eigenvalue weighted by atomic mass is 16.5. The second-order valence-electron chi connectivity index (χ2n) is 4.07. The Hall–Kier alpha value is -0.770. The number of carbonyl (C=O) groups excluding carboxylic acids is 1. The largest absolute Gasteiger partial charge is 0.343 e. The fourth-order valence-electron chi connectivity index (χ4n) is 1.37. The van der Waals surface area contributed by atoms with Gasteiger partial charge in [0.1, 0.15) is 0 Å². The molecule has 90 valence electrons. The minimum Gasteiger partial charge on any atom is -0.329 e. The molecule has 0 bridgehead atoms. The summed E-state index contributed by atoms with van der Waals surface area (Å²) in [6, 6.07) is -0.344. The first-order valence-electron chi connectivity index (χ1n) is 5.77.